The van der Waals surface area contributed by atoms with Crippen molar-refractivity contribution in [3.8, 4) is 5.88 Å². The lowest BCUT2D eigenvalue weighted by Gasteiger charge is -2.45. The molecular formula is C45H50N6O5S. The number of aromatic nitrogens is 2. The molecule has 4 aromatic carbocycles. The summed E-state index contributed by atoms with van der Waals surface area (Å²) in [6.07, 6.45) is 6.87. The molecule has 5 aromatic rings. The Kier molecular flexibility index (Phi) is 10.1. The average molecular weight is 787 g/mol. The van der Waals surface area contributed by atoms with Crippen molar-refractivity contribution in [1.29, 1.82) is 4.78 Å². The Hall–Kier alpha value is -5.62. The Balaban J connectivity index is 1.33. The number of carbonyl (C=O) groups excluding carboxylic acids is 2. The molecule has 3 aliphatic rings. The number of benzene rings is 4. The molecule has 2 unspecified atom stereocenters. The molecule has 0 fully saturated rings. The molecule has 12 heteroatoms. The van der Waals surface area contributed by atoms with E-state index in [0.717, 1.165) is 55.3 Å². The number of likely N-dealkylation sites (N-methyl/N-ethyl adjacent to an activating group) is 1. The van der Waals surface area contributed by atoms with Crippen LogP contribution in [0, 0.1) is 4.78 Å². The smallest absolute Gasteiger partial charge is 0.410 e. The summed E-state index contributed by atoms with van der Waals surface area (Å²) in [6, 6.07) is 29.8. The highest BCUT2D eigenvalue weighted by atomic mass is 32.2. The first-order chi connectivity index (χ1) is 27.4. The summed E-state index contributed by atoms with van der Waals surface area (Å²) in [5.41, 5.74) is 5.20. The van der Waals surface area contributed by atoms with Crippen LogP contribution in [0.5, 0.6) is 5.88 Å². The number of fused-ring (bicyclic) bond motifs is 3. The van der Waals surface area contributed by atoms with Crippen LogP contribution in [0.15, 0.2) is 108 Å². The number of nitrogens with one attached hydrogen (secondary N) is 2. The van der Waals surface area contributed by atoms with Crippen molar-refractivity contribution < 1.29 is 23.3 Å². The fraction of sp³-hybridized carbons (Fsp3) is 0.356. The molecule has 57 heavy (non-hydrogen) atoms. The molecule has 1 aliphatic heterocycles. The summed E-state index contributed by atoms with van der Waals surface area (Å²) < 4.78 is 41.2. The highest BCUT2D eigenvalue weighted by molar-refractivity contribution is 7.90. The fourth-order valence-electron chi connectivity index (χ4n) is 8.78. The average Bonchev–Trinajstić information content (AvgIpc) is 3.94. The van der Waals surface area contributed by atoms with Crippen molar-refractivity contribution in [2.24, 2.45) is 0 Å². The molecule has 3 amide bonds. The van der Waals surface area contributed by atoms with Crippen molar-refractivity contribution in [1.82, 2.24) is 19.0 Å². The standard InChI is InChI=1S/C45H50N6O5S/c1-44(2,3)56-43(53)49(4)36-26-27-55-41-39(29-47-50(41)30-36)57(46,54)51(42(52)48-40-37-24-14-16-31(37)28-32-17-15-25-38(32)40)45(33-18-8-5-9-19-33,34-20-10-6-11-21-34)35-22-12-7-13-23-35/h5-13,18-23,28-29,36,46H,14-17,24-27,30H2,1-4H3,(H,48,52). The third kappa shape index (κ3) is 6.94. The van der Waals surface area contributed by atoms with Gasteiger partial charge in [-0.2, -0.15) is 5.10 Å². The number of ether oxygens (including phenoxy) is 2. The second-order valence-electron chi connectivity index (χ2n) is 16.2. The SMILES string of the molecule is CN(C(=O)OC(C)(C)C)C1CCOc2c(S(=N)(=O)N(C(=O)Nc3c4c(cc5c3CCC5)CCC4)C(c3ccccc3)(c3ccccc3)c3ccccc3)cnn2C1. The monoisotopic (exact) mass is 786 g/mol. The van der Waals surface area contributed by atoms with Crippen LogP contribution < -0.4 is 10.1 Å². The fourth-order valence-corrected chi connectivity index (χ4v) is 10.5. The molecule has 2 N–H and O–H groups in total. The molecule has 0 radical (unpaired) electrons. The van der Waals surface area contributed by atoms with Crippen LogP contribution in [0.1, 0.15) is 79.0 Å². The Labute approximate surface area is 335 Å². The van der Waals surface area contributed by atoms with Gasteiger partial charge in [-0.3, -0.25) is 0 Å². The summed E-state index contributed by atoms with van der Waals surface area (Å²) in [6.45, 7) is 5.81. The van der Waals surface area contributed by atoms with Crippen molar-refractivity contribution >= 4 is 27.7 Å². The molecule has 0 saturated carbocycles. The van der Waals surface area contributed by atoms with Crippen LogP contribution in [0.2, 0.25) is 0 Å². The molecule has 2 heterocycles. The lowest BCUT2D eigenvalue weighted by Crippen LogP contribution is -2.55. The number of hydrogen-bond donors (Lipinski definition) is 2. The zero-order valence-electron chi connectivity index (χ0n) is 33.0. The Morgan fingerprint density at radius 3 is 1.89 bits per heavy atom. The lowest BCUT2D eigenvalue weighted by atomic mass is 9.77. The first-order valence-electron chi connectivity index (χ1n) is 19.8. The van der Waals surface area contributed by atoms with E-state index in [2.05, 4.69) is 16.5 Å². The van der Waals surface area contributed by atoms with Gasteiger partial charge in [-0.1, -0.05) is 97.1 Å². The second kappa shape index (κ2) is 15.0. The molecule has 1 aromatic heterocycles. The molecule has 2 atom stereocenters. The van der Waals surface area contributed by atoms with E-state index >= 15 is 9.00 Å². The molecule has 0 bridgehead atoms. The molecular weight excluding hydrogens is 737 g/mol. The Morgan fingerprint density at radius 2 is 1.39 bits per heavy atom. The quantitative estimate of drug-likeness (QED) is 0.151. The normalized spacial score (nSPS) is 17.2. The first-order valence-corrected chi connectivity index (χ1v) is 21.3. The molecule has 296 valence electrons. The lowest BCUT2D eigenvalue weighted by molar-refractivity contribution is 0.0197. The van der Waals surface area contributed by atoms with E-state index in [1.807, 2.05) is 112 Å². The maximum atomic E-state index is 16.2. The molecule has 0 saturated heterocycles. The zero-order valence-corrected chi connectivity index (χ0v) is 33.8. The first kappa shape index (κ1) is 38.3. The predicted octanol–water partition coefficient (Wildman–Crippen LogP) is 8.73. The van der Waals surface area contributed by atoms with E-state index < -0.39 is 33.2 Å². The number of amides is 3. The highest BCUT2D eigenvalue weighted by Gasteiger charge is 2.51. The van der Waals surface area contributed by atoms with E-state index in [1.165, 1.54) is 26.5 Å². The Bertz CT molecular complexity index is 2260. The van der Waals surface area contributed by atoms with Gasteiger partial charge in [0.25, 0.3) is 0 Å². The minimum atomic E-state index is -4.34. The number of nitrogens with zero attached hydrogens (tertiary/aromatic N) is 4. The number of rotatable bonds is 8. The number of anilines is 1. The summed E-state index contributed by atoms with van der Waals surface area (Å²) in [5, 5.41) is 7.96. The highest BCUT2D eigenvalue weighted by Crippen LogP contribution is 2.48. The van der Waals surface area contributed by atoms with Gasteiger partial charge >= 0.3 is 12.1 Å². The van der Waals surface area contributed by atoms with Gasteiger partial charge in [0.1, 0.15) is 16.0 Å². The molecule has 0 spiro atoms. The van der Waals surface area contributed by atoms with Gasteiger partial charge in [0.15, 0.2) is 9.92 Å². The summed E-state index contributed by atoms with van der Waals surface area (Å²) in [5.74, 6) is 0.123. The Morgan fingerprint density at radius 1 is 0.860 bits per heavy atom. The van der Waals surface area contributed by atoms with Gasteiger partial charge in [-0.05, 0) is 98.2 Å². The van der Waals surface area contributed by atoms with Gasteiger partial charge in [0.2, 0.25) is 5.88 Å². The van der Waals surface area contributed by atoms with E-state index in [4.69, 9.17) is 9.47 Å². The van der Waals surface area contributed by atoms with Crippen LogP contribution in [-0.4, -0.2) is 60.6 Å². The minimum absolute atomic E-state index is 0.0334. The third-order valence-corrected chi connectivity index (χ3v) is 13.2. The topological polar surface area (TPSA) is 130 Å². The van der Waals surface area contributed by atoms with E-state index in [0.29, 0.717) is 23.1 Å². The summed E-state index contributed by atoms with van der Waals surface area (Å²) in [4.78, 5) is 30.4. The number of aryl methyl sites for hydroxylation is 2. The van der Waals surface area contributed by atoms with E-state index in [1.54, 1.807) is 11.7 Å². The third-order valence-electron chi connectivity index (χ3n) is 11.4. The predicted molar refractivity (Wildman–Crippen MR) is 220 cm³/mol. The molecule has 11 nitrogen and oxygen atoms in total. The van der Waals surface area contributed by atoms with E-state index in [-0.39, 0.29) is 30.0 Å². The van der Waals surface area contributed by atoms with Crippen LogP contribution in [-0.2, 0) is 52.4 Å². The van der Waals surface area contributed by atoms with Gasteiger partial charge in [0.05, 0.1) is 25.4 Å². The number of hydrogen-bond acceptors (Lipinski definition) is 7. The van der Waals surface area contributed by atoms with Crippen LogP contribution in [0.25, 0.3) is 0 Å². The van der Waals surface area contributed by atoms with Gasteiger partial charge in [-0.15, -0.1) is 0 Å². The van der Waals surface area contributed by atoms with Gasteiger partial charge < -0.3 is 19.7 Å². The van der Waals surface area contributed by atoms with Crippen molar-refractivity contribution in [2.45, 2.75) is 94.3 Å². The molecule has 2 aliphatic carbocycles. The van der Waals surface area contributed by atoms with Crippen LogP contribution >= 0.6 is 0 Å². The van der Waals surface area contributed by atoms with Crippen molar-refractivity contribution in [3.05, 3.63) is 142 Å². The number of carbonyl (C=O) groups is 2. The minimum Gasteiger partial charge on any atom is -0.477 e. The van der Waals surface area contributed by atoms with Gasteiger partial charge in [0, 0.05) is 19.2 Å². The van der Waals surface area contributed by atoms with Gasteiger partial charge in [-0.25, -0.2) is 27.6 Å². The van der Waals surface area contributed by atoms with E-state index in [9.17, 15) is 9.57 Å². The maximum absolute atomic E-state index is 16.2. The number of urea groups is 1. The largest absolute Gasteiger partial charge is 0.477 e. The van der Waals surface area contributed by atoms with Crippen LogP contribution in [0.3, 0.4) is 0 Å². The zero-order chi connectivity index (χ0) is 40.0. The summed E-state index contributed by atoms with van der Waals surface area (Å²) >= 11 is 0. The van der Waals surface area contributed by atoms with Crippen LogP contribution in [0.4, 0.5) is 15.3 Å². The maximum Gasteiger partial charge on any atom is 0.410 e. The second-order valence-corrected chi connectivity index (χ2v) is 18.0. The van der Waals surface area contributed by atoms with Crippen molar-refractivity contribution in [2.75, 3.05) is 19.0 Å². The molecule has 8 rings (SSSR count). The van der Waals surface area contributed by atoms with Crippen molar-refractivity contribution in [3.63, 3.8) is 0 Å². The summed E-state index contributed by atoms with van der Waals surface area (Å²) in [7, 11) is -2.66.